The van der Waals surface area contributed by atoms with Gasteiger partial charge in [0.05, 0.1) is 24.3 Å². The van der Waals surface area contributed by atoms with Gasteiger partial charge in [-0.25, -0.2) is 0 Å². The van der Waals surface area contributed by atoms with Gasteiger partial charge in [-0.05, 0) is 5.56 Å². The van der Waals surface area contributed by atoms with Crippen LogP contribution in [0.25, 0.3) is 0 Å². The maximum absolute atomic E-state index is 10.9. The molecule has 1 aromatic carbocycles. The van der Waals surface area contributed by atoms with Gasteiger partial charge in [0.2, 0.25) is 0 Å². The van der Waals surface area contributed by atoms with Crippen molar-refractivity contribution in [2.24, 2.45) is 12.0 Å². The minimum Gasteiger partial charge on any atom is -0.370 e. The maximum Gasteiger partial charge on any atom is 0.269 e. The van der Waals surface area contributed by atoms with Crippen molar-refractivity contribution in [3.63, 3.8) is 0 Å². The lowest BCUT2D eigenvalue weighted by Gasteiger charge is -2.34. The van der Waals surface area contributed by atoms with Gasteiger partial charge >= 0.3 is 0 Å². The predicted octanol–water partition coefficient (Wildman–Crippen LogP) is 1.48. The fraction of sp³-hybridized carbons (Fsp3) is 0.412. The van der Waals surface area contributed by atoms with Crippen molar-refractivity contribution in [3.8, 4) is 0 Å². The number of nitrogens with one attached hydrogen (secondary N) is 1. The van der Waals surface area contributed by atoms with Crippen LogP contribution in [0.1, 0.15) is 17.2 Å². The van der Waals surface area contributed by atoms with Crippen LogP contribution in [0, 0.1) is 10.1 Å². The van der Waals surface area contributed by atoms with Crippen LogP contribution in [0.4, 0.5) is 5.69 Å². The third kappa shape index (κ3) is 4.17. The lowest BCUT2D eigenvalue weighted by atomic mass is 10.1. The van der Waals surface area contributed by atoms with E-state index in [9.17, 15) is 10.1 Å². The molecule has 0 aliphatic carbocycles. The Morgan fingerprint density at radius 3 is 3.08 bits per heavy atom. The van der Waals surface area contributed by atoms with Crippen molar-refractivity contribution >= 4 is 11.6 Å². The second-order valence-corrected chi connectivity index (χ2v) is 6.08. The van der Waals surface area contributed by atoms with E-state index in [0.29, 0.717) is 19.7 Å². The van der Waals surface area contributed by atoms with Crippen LogP contribution < -0.4 is 5.32 Å². The van der Waals surface area contributed by atoms with Gasteiger partial charge < -0.3 is 15.0 Å². The van der Waals surface area contributed by atoms with E-state index in [0.717, 1.165) is 23.6 Å². The molecule has 1 aliphatic heterocycles. The molecule has 0 saturated carbocycles. The molecule has 1 saturated heterocycles. The first-order chi connectivity index (χ1) is 12.6. The first-order valence-corrected chi connectivity index (χ1v) is 8.36. The number of hydrogen-bond donors (Lipinski definition) is 1. The summed E-state index contributed by atoms with van der Waals surface area (Å²) in [7, 11) is 3.61. The van der Waals surface area contributed by atoms with Crippen molar-refractivity contribution in [1.29, 1.82) is 0 Å². The predicted molar refractivity (Wildman–Crippen MR) is 96.8 cm³/mol. The van der Waals surface area contributed by atoms with Gasteiger partial charge in [0, 0.05) is 51.1 Å². The molecule has 138 valence electrons. The number of nitro groups is 1. The standard InChI is InChI=1S/C17H22N6O3/c1-18-17(19-9-13-4-3-5-15(8-13)23(24)25)22-6-7-26-16(12-22)14-10-20-21(2)11-14/h3-5,8,10-11,16H,6-7,9,12H2,1-2H3,(H,18,19). The van der Waals surface area contributed by atoms with E-state index in [1.54, 1.807) is 23.9 Å². The Morgan fingerprint density at radius 1 is 1.54 bits per heavy atom. The third-order valence-electron chi connectivity index (χ3n) is 4.25. The number of rotatable bonds is 4. The maximum atomic E-state index is 10.9. The number of morpholine rings is 1. The molecule has 3 rings (SSSR count). The number of aliphatic imine (C=N–C) groups is 1. The highest BCUT2D eigenvalue weighted by atomic mass is 16.6. The molecule has 0 bridgehead atoms. The van der Waals surface area contributed by atoms with E-state index in [2.05, 4.69) is 20.3 Å². The first kappa shape index (κ1) is 17.9. The van der Waals surface area contributed by atoms with E-state index in [-0.39, 0.29) is 11.8 Å². The molecule has 2 aromatic rings. The number of nitro benzene ring substituents is 1. The van der Waals surface area contributed by atoms with Crippen LogP contribution in [0.5, 0.6) is 0 Å². The molecule has 1 unspecified atom stereocenters. The van der Waals surface area contributed by atoms with Gasteiger partial charge in [0.25, 0.3) is 5.69 Å². The minimum absolute atomic E-state index is 0.0613. The smallest absolute Gasteiger partial charge is 0.269 e. The highest BCUT2D eigenvalue weighted by molar-refractivity contribution is 5.80. The van der Waals surface area contributed by atoms with Gasteiger partial charge in [0.1, 0.15) is 6.10 Å². The normalized spacial score (nSPS) is 18.0. The van der Waals surface area contributed by atoms with Crippen molar-refractivity contribution in [1.82, 2.24) is 20.0 Å². The van der Waals surface area contributed by atoms with Crippen LogP contribution in [0.2, 0.25) is 0 Å². The molecule has 26 heavy (non-hydrogen) atoms. The summed E-state index contributed by atoms with van der Waals surface area (Å²) in [5.41, 5.74) is 1.95. The molecule has 9 nitrogen and oxygen atoms in total. The summed E-state index contributed by atoms with van der Waals surface area (Å²) in [6.45, 7) is 2.45. The molecule has 1 atom stereocenters. The Morgan fingerprint density at radius 2 is 2.38 bits per heavy atom. The number of benzene rings is 1. The van der Waals surface area contributed by atoms with Crippen LogP contribution >= 0.6 is 0 Å². The van der Waals surface area contributed by atoms with Crippen LogP contribution in [0.15, 0.2) is 41.7 Å². The molecule has 0 amide bonds. The summed E-state index contributed by atoms with van der Waals surface area (Å²) >= 11 is 0. The Bertz CT molecular complexity index is 803. The summed E-state index contributed by atoms with van der Waals surface area (Å²) < 4.78 is 7.61. The quantitative estimate of drug-likeness (QED) is 0.385. The molecule has 0 spiro atoms. The molecule has 1 aliphatic rings. The zero-order valence-electron chi connectivity index (χ0n) is 14.8. The number of hydrogen-bond acceptors (Lipinski definition) is 5. The van der Waals surface area contributed by atoms with Crippen molar-refractivity contribution in [2.45, 2.75) is 12.6 Å². The van der Waals surface area contributed by atoms with E-state index in [1.165, 1.54) is 6.07 Å². The number of aromatic nitrogens is 2. The van der Waals surface area contributed by atoms with Gasteiger partial charge in [-0.1, -0.05) is 12.1 Å². The number of non-ortho nitro benzene ring substituents is 1. The van der Waals surface area contributed by atoms with E-state index < -0.39 is 4.92 Å². The number of aryl methyl sites for hydroxylation is 1. The molecular weight excluding hydrogens is 336 g/mol. The lowest BCUT2D eigenvalue weighted by molar-refractivity contribution is -0.384. The lowest BCUT2D eigenvalue weighted by Crippen LogP contribution is -2.47. The van der Waals surface area contributed by atoms with Crippen molar-refractivity contribution in [3.05, 3.63) is 57.9 Å². The largest absolute Gasteiger partial charge is 0.370 e. The van der Waals surface area contributed by atoms with Gasteiger partial charge in [0.15, 0.2) is 5.96 Å². The molecule has 1 aromatic heterocycles. The molecule has 0 radical (unpaired) electrons. The first-order valence-electron chi connectivity index (χ1n) is 8.36. The number of nitrogens with zero attached hydrogens (tertiary/aromatic N) is 5. The average Bonchev–Trinajstić information content (AvgIpc) is 3.09. The van der Waals surface area contributed by atoms with Gasteiger partial charge in [-0.2, -0.15) is 5.10 Å². The summed E-state index contributed by atoms with van der Waals surface area (Å²) in [5, 5.41) is 18.4. The zero-order valence-corrected chi connectivity index (χ0v) is 14.8. The summed E-state index contributed by atoms with van der Waals surface area (Å²) in [5.74, 6) is 0.744. The van der Waals surface area contributed by atoms with E-state index in [4.69, 9.17) is 4.74 Å². The third-order valence-corrected chi connectivity index (χ3v) is 4.25. The SMILES string of the molecule is CN=C(NCc1cccc([N+](=O)[O-])c1)N1CCOC(c2cnn(C)c2)C1. The highest BCUT2D eigenvalue weighted by Crippen LogP contribution is 2.21. The second kappa shape index (κ2) is 7.96. The van der Waals surface area contributed by atoms with Crippen LogP contribution in [0.3, 0.4) is 0 Å². The fourth-order valence-corrected chi connectivity index (χ4v) is 2.94. The molecule has 9 heteroatoms. The highest BCUT2D eigenvalue weighted by Gasteiger charge is 2.25. The monoisotopic (exact) mass is 358 g/mol. The van der Waals surface area contributed by atoms with Gasteiger partial charge in [-0.3, -0.25) is 19.8 Å². The molecule has 1 fully saturated rings. The molecule has 2 heterocycles. The Balaban J connectivity index is 1.63. The topological polar surface area (TPSA) is 97.8 Å². The summed E-state index contributed by atoms with van der Waals surface area (Å²) in [4.78, 5) is 17.0. The van der Waals surface area contributed by atoms with E-state index in [1.807, 2.05) is 25.5 Å². The second-order valence-electron chi connectivity index (χ2n) is 6.08. The number of guanidine groups is 1. The minimum atomic E-state index is -0.390. The van der Waals surface area contributed by atoms with Crippen molar-refractivity contribution < 1.29 is 9.66 Å². The summed E-state index contributed by atoms with van der Waals surface area (Å²) in [6, 6.07) is 6.59. The Hall–Kier alpha value is -2.94. The number of ether oxygens (including phenoxy) is 1. The van der Waals surface area contributed by atoms with Crippen LogP contribution in [-0.4, -0.2) is 52.3 Å². The van der Waals surface area contributed by atoms with E-state index >= 15 is 0 Å². The van der Waals surface area contributed by atoms with Crippen molar-refractivity contribution in [2.75, 3.05) is 26.7 Å². The Kier molecular flexibility index (Phi) is 5.47. The summed E-state index contributed by atoms with van der Waals surface area (Å²) in [6.07, 6.45) is 3.70. The molecule has 1 N–H and O–H groups in total. The zero-order chi connectivity index (χ0) is 18.5. The average molecular weight is 358 g/mol. The fourth-order valence-electron chi connectivity index (χ4n) is 2.94. The van der Waals surface area contributed by atoms with Gasteiger partial charge in [-0.15, -0.1) is 0 Å². The van der Waals surface area contributed by atoms with Crippen LogP contribution in [-0.2, 0) is 18.3 Å². The molecular formula is C17H22N6O3. The Labute approximate surface area is 151 Å².